The third-order valence-electron chi connectivity index (χ3n) is 4.47. The second kappa shape index (κ2) is 8.38. The summed E-state index contributed by atoms with van der Waals surface area (Å²) in [5, 5.41) is 14.2. The molecule has 26 heavy (non-hydrogen) atoms. The standard InChI is InChI=1S/C20H23N5O/c1-15(2)19(17-6-4-3-5-7-17)13-21-20(26)12-16-8-10-18(11-9-16)25-14-22-23-24-25/h3-11,14-15,19H,12-13H2,1-2H3,(H,21,26). The highest BCUT2D eigenvalue weighted by Crippen LogP contribution is 2.23. The Morgan fingerprint density at radius 2 is 1.81 bits per heavy atom. The SMILES string of the molecule is CC(C)C(CNC(=O)Cc1ccc(-n2cnnn2)cc1)c1ccccc1. The molecule has 0 spiro atoms. The molecule has 134 valence electrons. The summed E-state index contributed by atoms with van der Waals surface area (Å²) in [5.41, 5.74) is 3.08. The van der Waals surface area contributed by atoms with Crippen LogP contribution in [0, 0.1) is 5.92 Å². The van der Waals surface area contributed by atoms with E-state index in [1.165, 1.54) is 11.9 Å². The minimum Gasteiger partial charge on any atom is -0.355 e. The first-order chi connectivity index (χ1) is 12.6. The van der Waals surface area contributed by atoms with Crippen LogP contribution in [0.4, 0.5) is 0 Å². The summed E-state index contributed by atoms with van der Waals surface area (Å²) >= 11 is 0. The topological polar surface area (TPSA) is 72.7 Å². The van der Waals surface area contributed by atoms with Crippen LogP contribution >= 0.6 is 0 Å². The molecule has 0 saturated heterocycles. The second-order valence-corrected chi connectivity index (χ2v) is 6.66. The molecule has 2 aromatic carbocycles. The molecule has 1 aromatic heterocycles. The fourth-order valence-electron chi connectivity index (χ4n) is 2.96. The number of tetrazole rings is 1. The van der Waals surface area contributed by atoms with Gasteiger partial charge in [-0.25, -0.2) is 4.68 Å². The van der Waals surface area contributed by atoms with Crippen molar-refractivity contribution in [3.8, 4) is 5.69 Å². The first-order valence-electron chi connectivity index (χ1n) is 8.77. The molecule has 1 unspecified atom stereocenters. The van der Waals surface area contributed by atoms with Crippen LogP contribution in [0.15, 0.2) is 60.9 Å². The molecule has 1 heterocycles. The smallest absolute Gasteiger partial charge is 0.224 e. The van der Waals surface area contributed by atoms with Gasteiger partial charge in [0, 0.05) is 12.5 Å². The lowest BCUT2D eigenvalue weighted by Crippen LogP contribution is -2.31. The van der Waals surface area contributed by atoms with E-state index < -0.39 is 0 Å². The largest absolute Gasteiger partial charge is 0.355 e. The highest BCUT2D eigenvalue weighted by Gasteiger charge is 2.16. The molecule has 3 rings (SSSR count). The number of hydrogen-bond acceptors (Lipinski definition) is 4. The lowest BCUT2D eigenvalue weighted by Gasteiger charge is -2.22. The average molecular weight is 349 g/mol. The Morgan fingerprint density at radius 1 is 1.08 bits per heavy atom. The zero-order valence-electron chi connectivity index (χ0n) is 15.0. The minimum atomic E-state index is 0.0294. The summed E-state index contributed by atoms with van der Waals surface area (Å²) in [5.74, 6) is 0.789. The molecule has 1 atom stereocenters. The molecule has 0 aliphatic heterocycles. The Morgan fingerprint density at radius 3 is 2.42 bits per heavy atom. The van der Waals surface area contributed by atoms with E-state index >= 15 is 0 Å². The zero-order valence-corrected chi connectivity index (χ0v) is 15.0. The van der Waals surface area contributed by atoms with Crippen LogP contribution in [0.1, 0.15) is 30.9 Å². The average Bonchev–Trinajstić information content (AvgIpc) is 3.18. The number of amides is 1. The van der Waals surface area contributed by atoms with Gasteiger partial charge < -0.3 is 5.32 Å². The maximum Gasteiger partial charge on any atom is 0.224 e. The molecule has 0 aliphatic rings. The van der Waals surface area contributed by atoms with Crippen molar-refractivity contribution in [2.75, 3.05) is 6.54 Å². The molecule has 0 aliphatic carbocycles. The third-order valence-corrected chi connectivity index (χ3v) is 4.47. The summed E-state index contributed by atoms with van der Waals surface area (Å²) in [6.45, 7) is 5.01. The van der Waals surface area contributed by atoms with Crippen molar-refractivity contribution in [2.45, 2.75) is 26.2 Å². The normalized spacial score (nSPS) is 12.1. The minimum absolute atomic E-state index is 0.0294. The van der Waals surface area contributed by atoms with Crippen LogP contribution in [0.5, 0.6) is 0 Å². The summed E-state index contributed by atoms with van der Waals surface area (Å²) in [6.07, 6.45) is 1.90. The van der Waals surface area contributed by atoms with E-state index in [9.17, 15) is 4.79 Å². The van der Waals surface area contributed by atoms with Crippen molar-refractivity contribution < 1.29 is 4.79 Å². The van der Waals surface area contributed by atoms with Crippen molar-refractivity contribution in [3.05, 3.63) is 72.1 Å². The van der Waals surface area contributed by atoms with Gasteiger partial charge in [0.1, 0.15) is 6.33 Å². The van der Waals surface area contributed by atoms with E-state index in [-0.39, 0.29) is 5.91 Å². The maximum atomic E-state index is 12.3. The maximum absolute atomic E-state index is 12.3. The molecule has 0 fully saturated rings. The van der Waals surface area contributed by atoms with E-state index in [0.29, 0.717) is 24.8 Å². The Balaban J connectivity index is 1.56. The van der Waals surface area contributed by atoms with E-state index in [1.807, 2.05) is 42.5 Å². The number of benzene rings is 2. The van der Waals surface area contributed by atoms with Gasteiger partial charge in [0.25, 0.3) is 0 Å². The van der Waals surface area contributed by atoms with E-state index in [2.05, 4.69) is 46.8 Å². The van der Waals surface area contributed by atoms with Gasteiger partial charge in [0.15, 0.2) is 0 Å². The predicted molar refractivity (Wildman–Crippen MR) is 99.9 cm³/mol. The first-order valence-corrected chi connectivity index (χ1v) is 8.77. The van der Waals surface area contributed by atoms with E-state index in [1.54, 1.807) is 4.68 Å². The molecule has 3 aromatic rings. The number of rotatable bonds is 7. The highest BCUT2D eigenvalue weighted by atomic mass is 16.1. The Bertz CT molecular complexity index is 813. The van der Waals surface area contributed by atoms with Gasteiger partial charge in [-0.15, -0.1) is 5.10 Å². The van der Waals surface area contributed by atoms with Crippen LogP contribution in [-0.2, 0) is 11.2 Å². The van der Waals surface area contributed by atoms with Crippen molar-refractivity contribution in [1.29, 1.82) is 0 Å². The summed E-state index contributed by atoms with van der Waals surface area (Å²) < 4.78 is 1.58. The number of carbonyl (C=O) groups excluding carboxylic acids is 1. The fraction of sp³-hybridized carbons (Fsp3) is 0.300. The van der Waals surface area contributed by atoms with Crippen LogP contribution in [0.25, 0.3) is 5.69 Å². The Labute approximate surface area is 153 Å². The van der Waals surface area contributed by atoms with Crippen molar-refractivity contribution >= 4 is 5.91 Å². The van der Waals surface area contributed by atoms with Crippen LogP contribution < -0.4 is 5.32 Å². The monoisotopic (exact) mass is 349 g/mol. The number of aromatic nitrogens is 4. The number of hydrogen-bond donors (Lipinski definition) is 1. The number of carbonyl (C=O) groups is 1. The fourth-order valence-corrected chi connectivity index (χ4v) is 2.96. The van der Waals surface area contributed by atoms with Gasteiger partial charge in [-0.2, -0.15) is 0 Å². The van der Waals surface area contributed by atoms with Gasteiger partial charge >= 0.3 is 0 Å². The molecule has 0 bridgehead atoms. The van der Waals surface area contributed by atoms with Gasteiger partial charge in [0.05, 0.1) is 12.1 Å². The zero-order chi connectivity index (χ0) is 18.4. The van der Waals surface area contributed by atoms with Crippen LogP contribution in [0.2, 0.25) is 0 Å². The first kappa shape index (κ1) is 17.8. The molecule has 0 saturated carbocycles. The Kier molecular flexibility index (Phi) is 5.73. The molecule has 6 nitrogen and oxygen atoms in total. The molecular formula is C20H23N5O. The molecule has 0 radical (unpaired) electrons. The van der Waals surface area contributed by atoms with Crippen LogP contribution in [-0.4, -0.2) is 32.7 Å². The lowest BCUT2D eigenvalue weighted by atomic mass is 9.88. The van der Waals surface area contributed by atoms with Crippen molar-refractivity contribution in [2.24, 2.45) is 5.92 Å². The van der Waals surface area contributed by atoms with E-state index in [4.69, 9.17) is 0 Å². The summed E-state index contributed by atoms with van der Waals surface area (Å²) in [7, 11) is 0. The van der Waals surface area contributed by atoms with Gasteiger partial charge in [0.2, 0.25) is 5.91 Å². The van der Waals surface area contributed by atoms with Gasteiger partial charge in [-0.05, 0) is 39.6 Å². The van der Waals surface area contributed by atoms with Gasteiger partial charge in [-0.3, -0.25) is 4.79 Å². The highest BCUT2D eigenvalue weighted by molar-refractivity contribution is 5.78. The predicted octanol–water partition coefficient (Wildman–Crippen LogP) is 2.76. The van der Waals surface area contributed by atoms with Crippen molar-refractivity contribution in [3.63, 3.8) is 0 Å². The molecule has 6 heteroatoms. The second-order valence-electron chi connectivity index (χ2n) is 6.66. The number of nitrogens with zero attached hydrogens (tertiary/aromatic N) is 4. The summed E-state index contributed by atoms with van der Waals surface area (Å²) in [4.78, 5) is 12.3. The lowest BCUT2D eigenvalue weighted by molar-refractivity contribution is -0.120. The molecular weight excluding hydrogens is 326 g/mol. The van der Waals surface area contributed by atoms with Crippen LogP contribution in [0.3, 0.4) is 0 Å². The molecule has 1 amide bonds. The Hall–Kier alpha value is -3.02. The van der Waals surface area contributed by atoms with E-state index in [0.717, 1.165) is 11.3 Å². The van der Waals surface area contributed by atoms with Gasteiger partial charge in [-0.1, -0.05) is 56.3 Å². The molecule has 1 N–H and O–H groups in total. The van der Waals surface area contributed by atoms with Crippen molar-refractivity contribution in [1.82, 2.24) is 25.5 Å². The quantitative estimate of drug-likeness (QED) is 0.712. The third kappa shape index (κ3) is 4.53. The number of nitrogens with one attached hydrogen (secondary N) is 1. The summed E-state index contributed by atoms with van der Waals surface area (Å²) in [6, 6.07) is 18.0.